The first-order valence-electron chi connectivity index (χ1n) is 7.35. The minimum absolute atomic E-state index is 0.0265. The van der Waals surface area contributed by atoms with Crippen LogP contribution in [0.5, 0.6) is 0 Å². The van der Waals surface area contributed by atoms with E-state index in [0.717, 1.165) is 6.07 Å². The fourth-order valence-electron chi connectivity index (χ4n) is 2.48. The molecule has 0 aliphatic carbocycles. The van der Waals surface area contributed by atoms with Gasteiger partial charge in [-0.2, -0.15) is 21.9 Å². The van der Waals surface area contributed by atoms with Gasteiger partial charge in [-0.3, -0.25) is 9.11 Å². The molecular weight excluding hydrogens is 394 g/mol. The molecule has 3 aromatic rings. The normalized spacial score (nSPS) is 12.7. The lowest BCUT2D eigenvalue weighted by molar-refractivity contribution is 0.482. The molecule has 0 saturated heterocycles. The molecule has 0 saturated carbocycles. The van der Waals surface area contributed by atoms with Crippen LogP contribution < -0.4 is 5.73 Å². The molecule has 140 valence electrons. The zero-order valence-electron chi connectivity index (χ0n) is 13.5. The zero-order valence-corrected chi connectivity index (χ0v) is 15.1. The Hall–Kier alpha value is -2.86. The molecule has 0 aliphatic heterocycles. The van der Waals surface area contributed by atoms with Crippen molar-refractivity contribution in [3.63, 3.8) is 0 Å². The highest BCUT2D eigenvalue weighted by Crippen LogP contribution is 2.39. The van der Waals surface area contributed by atoms with Crippen LogP contribution in [0.15, 0.2) is 74.6 Å². The second kappa shape index (κ2) is 6.70. The number of nitrogens with two attached hydrogens (primary N) is 1. The van der Waals surface area contributed by atoms with Gasteiger partial charge in [0.15, 0.2) is 0 Å². The van der Waals surface area contributed by atoms with Crippen molar-refractivity contribution in [3.05, 3.63) is 54.6 Å². The SMILES string of the molecule is Nc1ccc(N=Nc2c(S(=O)(=O)O)cc3ccccc3c2S(=O)(=O)O)cc1. The van der Waals surface area contributed by atoms with Gasteiger partial charge in [0, 0.05) is 11.1 Å². The number of hydrogen-bond donors (Lipinski definition) is 3. The van der Waals surface area contributed by atoms with Gasteiger partial charge in [-0.25, -0.2) is 0 Å². The molecule has 0 radical (unpaired) electrons. The summed E-state index contributed by atoms with van der Waals surface area (Å²) in [7, 11) is -9.77. The van der Waals surface area contributed by atoms with Crippen molar-refractivity contribution in [2.75, 3.05) is 5.73 Å². The van der Waals surface area contributed by atoms with Gasteiger partial charge in [0.2, 0.25) is 0 Å². The number of anilines is 1. The monoisotopic (exact) mass is 407 g/mol. The van der Waals surface area contributed by atoms with Crippen LogP contribution in [0.25, 0.3) is 10.8 Å². The summed E-state index contributed by atoms with van der Waals surface area (Å²) < 4.78 is 66.7. The highest BCUT2D eigenvalue weighted by Gasteiger charge is 2.28. The summed E-state index contributed by atoms with van der Waals surface area (Å²) >= 11 is 0. The van der Waals surface area contributed by atoms with E-state index >= 15 is 0 Å². The highest BCUT2D eigenvalue weighted by molar-refractivity contribution is 7.87. The van der Waals surface area contributed by atoms with Gasteiger partial charge in [0.05, 0.1) is 5.69 Å². The van der Waals surface area contributed by atoms with Crippen molar-refractivity contribution in [2.24, 2.45) is 10.2 Å². The molecule has 3 aromatic carbocycles. The number of fused-ring (bicyclic) bond motifs is 1. The fraction of sp³-hybridized carbons (Fsp3) is 0. The average Bonchev–Trinajstić information content (AvgIpc) is 2.58. The molecule has 0 amide bonds. The molecule has 0 unspecified atom stereocenters. The molecular formula is C16H13N3O6S2. The summed E-state index contributed by atoms with van der Waals surface area (Å²) in [6, 6.07) is 12.9. The van der Waals surface area contributed by atoms with Crippen LogP contribution in [0.1, 0.15) is 0 Å². The van der Waals surface area contributed by atoms with Crippen LogP contribution in [0, 0.1) is 0 Å². The first-order valence-corrected chi connectivity index (χ1v) is 10.2. The molecule has 0 aliphatic rings. The number of hydrogen-bond acceptors (Lipinski definition) is 7. The number of benzene rings is 3. The Morgan fingerprint density at radius 2 is 1.44 bits per heavy atom. The van der Waals surface area contributed by atoms with Gasteiger partial charge in [-0.1, -0.05) is 24.3 Å². The maximum absolute atomic E-state index is 12.0. The molecule has 0 atom stereocenters. The molecule has 3 rings (SSSR count). The van der Waals surface area contributed by atoms with Crippen LogP contribution >= 0.6 is 0 Å². The van der Waals surface area contributed by atoms with E-state index < -0.39 is 35.7 Å². The molecule has 27 heavy (non-hydrogen) atoms. The minimum atomic E-state index is -4.90. The molecule has 0 bridgehead atoms. The van der Waals surface area contributed by atoms with Crippen molar-refractivity contribution in [1.82, 2.24) is 0 Å². The number of nitrogen functional groups attached to an aromatic ring is 1. The van der Waals surface area contributed by atoms with Gasteiger partial charge >= 0.3 is 0 Å². The first kappa shape index (κ1) is 18.9. The van der Waals surface area contributed by atoms with Crippen LogP contribution in [0.2, 0.25) is 0 Å². The smallest absolute Gasteiger partial charge is 0.297 e. The number of azo groups is 1. The van der Waals surface area contributed by atoms with Crippen molar-refractivity contribution >= 4 is 48.1 Å². The van der Waals surface area contributed by atoms with E-state index in [1.165, 1.54) is 42.5 Å². The summed E-state index contributed by atoms with van der Waals surface area (Å²) in [5, 5.41) is 7.68. The Bertz CT molecular complexity index is 1270. The lowest BCUT2D eigenvalue weighted by Gasteiger charge is -2.11. The van der Waals surface area contributed by atoms with E-state index in [-0.39, 0.29) is 16.5 Å². The third-order valence-corrected chi connectivity index (χ3v) is 5.43. The molecule has 0 spiro atoms. The zero-order chi connectivity index (χ0) is 19.8. The van der Waals surface area contributed by atoms with E-state index in [9.17, 15) is 25.9 Å². The minimum Gasteiger partial charge on any atom is -0.399 e. The molecule has 0 heterocycles. The third kappa shape index (κ3) is 3.95. The maximum atomic E-state index is 12.0. The molecule has 4 N–H and O–H groups in total. The number of rotatable bonds is 4. The Labute approximate surface area is 154 Å². The Balaban J connectivity index is 2.39. The van der Waals surface area contributed by atoms with Crippen LogP contribution in [0.3, 0.4) is 0 Å². The van der Waals surface area contributed by atoms with E-state index in [1.54, 1.807) is 6.07 Å². The Kier molecular flexibility index (Phi) is 4.70. The summed E-state index contributed by atoms with van der Waals surface area (Å²) in [6.45, 7) is 0. The summed E-state index contributed by atoms with van der Waals surface area (Å²) in [4.78, 5) is -1.57. The first-order chi connectivity index (χ1) is 12.6. The fourth-order valence-corrected chi connectivity index (χ4v) is 4.07. The number of nitrogens with zero attached hydrogens (tertiary/aromatic N) is 2. The van der Waals surface area contributed by atoms with E-state index in [1.807, 2.05) is 0 Å². The third-order valence-electron chi connectivity index (χ3n) is 3.63. The maximum Gasteiger partial charge on any atom is 0.297 e. The second-order valence-corrected chi connectivity index (χ2v) is 8.26. The van der Waals surface area contributed by atoms with Gasteiger partial charge in [-0.05, 0) is 35.7 Å². The van der Waals surface area contributed by atoms with Crippen LogP contribution in [-0.2, 0) is 20.2 Å². The molecule has 11 heteroatoms. The van der Waals surface area contributed by atoms with Crippen molar-refractivity contribution < 1.29 is 25.9 Å². The topological polar surface area (TPSA) is 159 Å². The van der Waals surface area contributed by atoms with Gasteiger partial charge in [0.1, 0.15) is 15.5 Å². The molecule has 0 fully saturated rings. The Morgan fingerprint density at radius 3 is 2.04 bits per heavy atom. The second-order valence-electron chi connectivity index (χ2n) is 5.52. The van der Waals surface area contributed by atoms with E-state index in [4.69, 9.17) is 5.73 Å². The van der Waals surface area contributed by atoms with Crippen molar-refractivity contribution in [2.45, 2.75) is 9.79 Å². The van der Waals surface area contributed by atoms with Crippen LogP contribution in [0.4, 0.5) is 17.1 Å². The quantitative estimate of drug-likeness (QED) is 0.339. The summed E-state index contributed by atoms with van der Waals surface area (Å²) in [6.07, 6.45) is 0. The molecule has 9 nitrogen and oxygen atoms in total. The summed E-state index contributed by atoms with van der Waals surface area (Å²) in [5.41, 5.74) is 5.57. The molecule has 0 aromatic heterocycles. The van der Waals surface area contributed by atoms with Crippen molar-refractivity contribution in [3.8, 4) is 0 Å². The predicted octanol–water partition coefficient (Wildman–Crippen LogP) is 3.33. The van der Waals surface area contributed by atoms with Crippen LogP contribution in [-0.4, -0.2) is 25.9 Å². The summed E-state index contributed by atoms with van der Waals surface area (Å²) in [5.74, 6) is 0. The van der Waals surface area contributed by atoms with Gasteiger partial charge in [-0.15, -0.1) is 5.11 Å². The van der Waals surface area contributed by atoms with Gasteiger partial charge in [0.25, 0.3) is 20.2 Å². The standard InChI is InChI=1S/C16H13N3O6S2/c17-11-5-7-12(8-6-11)18-19-15-14(26(20,21)22)9-10-3-1-2-4-13(10)16(15)27(23,24)25/h1-9H,17H2,(H,20,21,22)(H,23,24,25). The largest absolute Gasteiger partial charge is 0.399 e. The van der Waals surface area contributed by atoms with Crippen molar-refractivity contribution in [1.29, 1.82) is 0 Å². The lowest BCUT2D eigenvalue weighted by atomic mass is 10.1. The highest BCUT2D eigenvalue weighted by atomic mass is 32.2. The average molecular weight is 407 g/mol. The predicted molar refractivity (Wildman–Crippen MR) is 98.6 cm³/mol. The van der Waals surface area contributed by atoms with E-state index in [2.05, 4.69) is 10.2 Å². The Morgan fingerprint density at radius 1 is 0.815 bits per heavy atom. The van der Waals surface area contributed by atoms with Gasteiger partial charge < -0.3 is 5.73 Å². The van der Waals surface area contributed by atoms with E-state index in [0.29, 0.717) is 5.69 Å². The lowest BCUT2D eigenvalue weighted by Crippen LogP contribution is -2.05.